The van der Waals surface area contributed by atoms with Crippen molar-refractivity contribution in [2.45, 2.75) is 13.3 Å². The third-order valence-corrected chi connectivity index (χ3v) is 4.36. The van der Waals surface area contributed by atoms with Crippen molar-refractivity contribution in [3.8, 4) is 0 Å². The molecule has 0 unspecified atom stereocenters. The molecule has 0 atom stereocenters. The number of nitrogens with zero attached hydrogens (tertiary/aromatic N) is 1. The quantitative estimate of drug-likeness (QED) is 0.867. The first-order valence-electron chi connectivity index (χ1n) is 7.51. The molecular formula is C16H22N2O3S. The lowest BCUT2D eigenvalue weighted by Crippen LogP contribution is -2.41. The van der Waals surface area contributed by atoms with Crippen LogP contribution in [0, 0.1) is 0 Å². The van der Waals surface area contributed by atoms with E-state index in [0.29, 0.717) is 32.1 Å². The lowest BCUT2D eigenvalue weighted by Gasteiger charge is -2.26. The first-order chi connectivity index (χ1) is 10.7. The minimum absolute atomic E-state index is 0.0759. The highest BCUT2D eigenvalue weighted by Gasteiger charge is 2.16. The largest absolute Gasteiger partial charge is 0.378 e. The van der Waals surface area contributed by atoms with Gasteiger partial charge in [-0.3, -0.25) is 9.59 Å². The molecule has 0 aromatic heterocycles. The normalized spacial score (nSPS) is 14.7. The molecule has 2 amide bonds. The van der Waals surface area contributed by atoms with Crippen LogP contribution in [0.25, 0.3) is 0 Å². The molecule has 1 N–H and O–H groups in total. The number of nitrogens with one attached hydrogen (secondary N) is 1. The molecule has 1 fully saturated rings. The summed E-state index contributed by atoms with van der Waals surface area (Å²) in [6, 6.07) is 7.82. The average Bonchev–Trinajstić information content (AvgIpc) is 2.55. The van der Waals surface area contributed by atoms with Crippen LogP contribution in [0.4, 0.5) is 5.69 Å². The SMILES string of the molecule is CCc1cccc(NC(=O)CSCC(=O)N2CCOCC2)c1. The van der Waals surface area contributed by atoms with Gasteiger partial charge in [0.25, 0.3) is 0 Å². The number of benzene rings is 1. The van der Waals surface area contributed by atoms with Crippen LogP contribution in [0.1, 0.15) is 12.5 Å². The van der Waals surface area contributed by atoms with Crippen molar-refractivity contribution in [2.24, 2.45) is 0 Å². The van der Waals surface area contributed by atoms with Crippen molar-refractivity contribution in [1.29, 1.82) is 0 Å². The number of anilines is 1. The van der Waals surface area contributed by atoms with Gasteiger partial charge in [-0.1, -0.05) is 19.1 Å². The predicted octanol–water partition coefficient (Wildman–Crippen LogP) is 1.78. The van der Waals surface area contributed by atoms with E-state index < -0.39 is 0 Å². The molecule has 0 spiro atoms. The molecule has 120 valence electrons. The number of aryl methyl sites for hydroxylation is 1. The van der Waals surface area contributed by atoms with Crippen LogP contribution >= 0.6 is 11.8 Å². The fourth-order valence-corrected chi connectivity index (χ4v) is 2.92. The summed E-state index contributed by atoms with van der Waals surface area (Å²) in [7, 11) is 0. The zero-order valence-corrected chi connectivity index (χ0v) is 13.7. The molecule has 0 saturated carbocycles. The maximum atomic E-state index is 11.9. The van der Waals surface area contributed by atoms with Crippen molar-refractivity contribution in [3.63, 3.8) is 0 Å². The van der Waals surface area contributed by atoms with Crippen molar-refractivity contribution in [2.75, 3.05) is 43.1 Å². The Balaban J connectivity index is 1.69. The number of hydrogen-bond donors (Lipinski definition) is 1. The van der Waals surface area contributed by atoms with Crippen LogP contribution in [0.15, 0.2) is 24.3 Å². The van der Waals surface area contributed by atoms with Crippen molar-refractivity contribution in [3.05, 3.63) is 29.8 Å². The Bertz CT molecular complexity index is 516. The lowest BCUT2D eigenvalue weighted by molar-refractivity contribution is -0.132. The Morgan fingerprint density at radius 1 is 1.27 bits per heavy atom. The van der Waals surface area contributed by atoms with E-state index in [2.05, 4.69) is 12.2 Å². The number of morpholine rings is 1. The summed E-state index contributed by atoms with van der Waals surface area (Å²) in [4.78, 5) is 25.6. The lowest BCUT2D eigenvalue weighted by atomic mass is 10.1. The van der Waals surface area contributed by atoms with Gasteiger partial charge in [0.05, 0.1) is 24.7 Å². The van der Waals surface area contributed by atoms with Gasteiger partial charge >= 0.3 is 0 Å². The summed E-state index contributed by atoms with van der Waals surface area (Å²) in [5, 5.41) is 2.87. The molecule has 1 aromatic carbocycles. The van der Waals surface area contributed by atoms with Crippen molar-refractivity contribution >= 4 is 29.3 Å². The summed E-state index contributed by atoms with van der Waals surface area (Å²) in [5.74, 6) is 0.622. The van der Waals surface area contributed by atoms with E-state index in [1.54, 1.807) is 4.90 Å². The second-order valence-electron chi connectivity index (χ2n) is 5.09. The zero-order valence-electron chi connectivity index (χ0n) is 12.8. The van der Waals surface area contributed by atoms with Gasteiger partial charge in [-0.05, 0) is 24.1 Å². The molecule has 1 aromatic rings. The molecule has 0 bridgehead atoms. The third kappa shape index (κ3) is 5.35. The first-order valence-corrected chi connectivity index (χ1v) is 8.66. The first kappa shape index (κ1) is 16.8. The number of rotatable bonds is 6. The van der Waals surface area contributed by atoms with E-state index >= 15 is 0 Å². The molecular weight excluding hydrogens is 300 g/mol. The topological polar surface area (TPSA) is 58.6 Å². The maximum Gasteiger partial charge on any atom is 0.234 e. The number of ether oxygens (including phenoxy) is 1. The fraction of sp³-hybridized carbons (Fsp3) is 0.500. The van der Waals surface area contributed by atoms with Gasteiger partial charge in [0.15, 0.2) is 0 Å². The van der Waals surface area contributed by atoms with E-state index in [1.807, 2.05) is 24.3 Å². The number of carbonyl (C=O) groups is 2. The molecule has 1 aliphatic rings. The highest BCUT2D eigenvalue weighted by atomic mass is 32.2. The van der Waals surface area contributed by atoms with Gasteiger partial charge in [0.2, 0.25) is 11.8 Å². The molecule has 22 heavy (non-hydrogen) atoms. The van der Waals surface area contributed by atoms with Crippen LogP contribution in [0.5, 0.6) is 0 Å². The Labute approximate surface area is 135 Å². The van der Waals surface area contributed by atoms with E-state index in [9.17, 15) is 9.59 Å². The molecule has 5 nitrogen and oxygen atoms in total. The monoisotopic (exact) mass is 322 g/mol. The van der Waals surface area contributed by atoms with Gasteiger partial charge in [-0.25, -0.2) is 0 Å². The van der Waals surface area contributed by atoms with Crippen molar-refractivity contribution in [1.82, 2.24) is 4.90 Å². The predicted molar refractivity (Wildman–Crippen MR) is 89.2 cm³/mol. The molecule has 2 rings (SSSR count). The highest BCUT2D eigenvalue weighted by Crippen LogP contribution is 2.12. The second-order valence-corrected chi connectivity index (χ2v) is 6.07. The van der Waals surface area contributed by atoms with Crippen LogP contribution in [0.3, 0.4) is 0 Å². The summed E-state index contributed by atoms with van der Waals surface area (Å²) in [6.45, 7) is 4.58. The summed E-state index contributed by atoms with van der Waals surface area (Å²) >= 11 is 1.35. The van der Waals surface area contributed by atoms with Crippen LogP contribution in [-0.4, -0.2) is 54.5 Å². The Kier molecular flexibility index (Phi) is 6.74. The number of carbonyl (C=O) groups excluding carboxylic acids is 2. The van der Waals surface area contributed by atoms with Gasteiger partial charge in [-0.15, -0.1) is 11.8 Å². The molecule has 0 radical (unpaired) electrons. The molecule has 0 aliphatic carbocycles. The van der Waals surface area contributed by atoms with Gasteiger partial charge in [-0.2, -0.15) is 0 Å². The zero-order chi connectivity index (χ0) is 15.8. The molecule has 1 heterocycles. The fourth-order valence-electron chi connectivity index (χ4n) is 2.20. The van der Waals surface area contributed by atoms with E-state index in [4.69, 9.17) is 4.74 Å². The Hall–Kier alpha value is -1.53. The maximum absolute atomic E-state index is 11.9. The van der Waals surface area contributed by atoms with Crippen molar-refractivity contribution < 1.29 is 14.3 Å². The minimum Gasteiger partial charge on any atom is -0.378 e. The molecule has 1 aliphatic heterocycles. The van der Waals surface area contributed by atoms with Gasteiger partial charge in [0, 0.05) is 18.8 Å². The number of thioether (sulfide) groups is 1. The van der Waals surface area contributed by atoms with E-state index in [-0.39, 0.29) is 17.6 Å². The molecule has 1 saturated heterocycles. The van der Waals surface area contributed by atoms with E-state index in [1.165, 1.54) is 17.3 Å². The smallest absolute Gasteiger partial charge is 0.234 e. The van der Waals surface area contributed by atoms with Crippen LogP contribution in [-0.2, 0) is 20.7 Å². The average molecular weight is 322 g/mol. The molecule has 6 heteroatoms. The minimum atomic E-state index is -0.0759. The van der Waals surface area contributed by atoms with Crippen LogP contribution < -0.4 is 5.32 Å². The summed E-state index contributed by atoms with van der Waals surface area (Å²) in [6.07, 6.45) is 0.937. The third-order valence-electron chi connectivity index (χ3n) is 3.44. The summed E-state index contributed by atoms with van der Waals surface area (Å²) in [5.41, 5.74) is 2.00. The number of hydrogen-bond acceptors (Lipinski definition) is 4. The summed E-state index contributed by atoms with van der Waals surface area (Å²) < 4.78 is 5.21. The Morgan fingerprint density at radius 3 is 2.77 bits per heavy atom. The second kappa shape index (κ2) is 8.80. The number of amides is 2. The van der Waals surface area contributed by atoms with Crippen LogP contribution in [0.2, 0.25) is 0 Å². The van der Waals surface area contributed by atoms with Gasteiger partial charge < -0.3 is 15.0 Å². The van der Waals surface area contributed by atoms with E-state index in [0.717, 1.165) is 12.1 Å². The van der Waals surface area contributed by atoms with Gasteiger partial charge in [0.1, 0.15) is 0 Å². The highest BCUT2D eigenvalue weighted by molar-refractivity contribution is 8.00. The Morgan fingerprint density at radius 2 is 2.05 bits per heavy atom. The standard InChI is InChI=1S/C16H22N2O3S/c1-2-13-4-3-5-14(10-13)17-15(19)11-22-12-16(20)18-6-8-21-9-7-18/h3-5,10H,2,6-9,11-12H2,1H3,(H,17,19).